The van der Waals surface area contributed by atoms with Crippen LogP contribution < -0.4 is 0 Å². The molecule has 0 saturated carbocycles. The van der Waals surface area contributed by atoms with Crippen molar-refractivity contribution in [2.24, 2.45) is 0 Å². The van der Waals surface area contributed by atoms with Crippen LogP contribution in [0.25, 0.3) is 6.08 Å². The van der Waals surface area contributed by atoms with Gasteiger partial charge in [0.05, 0.1) is 10.4 Å². The van der Waals surface area contributed by atoms with E-state index in [1.807, 2.05) is 11.4 Å². The van der Waals surface area contributed by atoms with E-state index in [4.69, 9.17) is 4.74 Å². The van der Waals surface area contributed by atoms with Gasteiger partial charge in [0, 0.05) is 13.1 Å². The Bertz CT molecular complexity index is 456. The van der Waals surface area contributed by atoms with Gasteiger partial charge in [-0.05, 0) is 45.9 Å². The number of esters is 1. The van der Waals surface area contributed by atoms with Gasteiger partial charge in [0.1, 0.15) is 6.54 Å². The van der Waals surface area contributed by atoms with Crippen LogP contribution in [0.5, 0.6) is 0 Å². The normalized spacial score (nSPS) is 10.6. The largest absolute Gasteiger partial charge is 0.465 e. The van der Waals surface area contributed by atoms with E-state index in [0.29, 0.717) is 6.61 Å². The first-order valence-electron chi connectivity index (χ1n) is 5.35. The minimum atomic E-state index is -0.403. The van der Waals surface area contributed by atoms with Gasteiger partial charge in [-0.15, -0.1) is 11.3 Å². The van der Waals surface area contributed by atoms with Crippen molar-refractivity contribution in [2.45, 2.75) is 6.92 Å². The zero-order valence-corrected chi connectivity index (χ0v) is 12.6. The second-order valence-corrected chi connectivity index (χ2v) is 5.81. The van der Waals surface area contributed by atoms with Crippen molar-refractivity contribution in [2.75, 3.05) is 20.2 Å². The van der Waals surface area contributed by atoms with Gasteiger partial charge in [-0.1, -0.05) is 0 Å². The number of nitrogens with zero attached hydrogens (tertiary/aromatic N) is 1. The molecular formula is C12H14BrNO3S. The minimum absolute atomic E-state index is 0.0374. The molecule has 98 valence electrons. The molecule has 0 aromatic carbocycles. The predicted molar refractivity (Wildman–Crippen MR) is 75.3 cm³/mol. The van der Waals surface area contributed by atoms with E-state index >= 15 is 0 Å². The Hall–Kier alpha value is -1.14. The highest BCUT2D eigenvalue weighted by molar-refractivity contribution is 9.11. The van der Waals surface area contributed by atoms with E-state index in [1.54, 1.807) is 31.4 Å². The highest BCUT2D eigenvalue weighted by Crippen LogP contribution is 2.21. The highest BCUT2D eigenvalue weighted by atomic mass is 79.9. The van der Waals surface area contributed by atoms with E-state index in [0.717, 1.165) is 9.35 Å². The first-order valence-corrected chi connectivity index (χ1v) is 7.03. The summed E-state index contributed by atoms with van der Waals surface area (Å²) in [4.78, 5) is 24.2. The number of thiophene rings is 1. The molecule has 0 spiro atoms. The first kappa shape index (κ1) is 14.9. The molecule has 1 heterocycles. The predicted octanol–water partition coefficient (Wildman–Crippen LogP) is 2.55. The van der Waals surface area contributed by atoms with Crippen LogP contribution in [0.1, 0.15) is 12.5 Å². The first-order chi connectivity index (χ1) is 8.52. The Kier molecular flexibility index (Phi) is 6.07. The molecule has 0 bridgehead atoms. The Labute approximate surface area is 118 Å². The van der Waals surface area contributed by atoms with Gasteiger partial charge >= 0.3 is 5.97 Å². The average Bonchev–Trinajstić information content (AvgIpc) is 2.72. The molecule has 0 N–H and O–H groups in total. The summed E-state index contributed by atoms with van der Waals surface area (Å²) in [5, 5.41) is 1.93. The molecule has 0 fully saturated rings. The van der Waals surface area contributed by atoms with Gasteiger partial charge in [-0.2, -0.15) is 0 Å². The molecule has 0 radical (unpaired) electrons. The molecule has 1 rings (SSSR count). The molecule has 0 atom stereocenters. The molecule has 0 aliphatic rings. The minimum Gasteiger partial charge on any atom is -0.465 e. The maximum absolute atomic E-state index is 11.7. The van der Waals surface area contributed by atoms with Gasteiger partial charge in [-0.25, -0.2) is 0 Å². The highest BCUT2D eigenvalue weighted by Gasteiger charge is 2.10. The van der Waals surface area contributed by atoms with Gasteiger partial charge < -0.3 is 9.64 Å². The lowest BCUT2D eigenvalue weighted by atomic mass is 10.3. The van der Waals surface area contributed by atoms with Crippen LogP contribution in [-0.2, 0) is 14.3 Å². The van der Waals surface area contributed by atoms with Crippen molar-refractivity contribution in [3.63, 3.8) is 0 Å². The molecule has 1 amide bonds. The van der Waals surface area contributed by atoms with Crippen molar-refractivity contribution < 1.29 is 14.3 Å². The van der Waals surface area contributed by atoms with Crippen LogP contribution in [0.2, 0.25) is 0 Å². The number of likely N-dealkylation sites (N-methyl/N-ethyl adjacent to an activating group) is 1. The Balaban J connectivity index is 2.49. The summed E-state index contributed by atoms with van der Waals surface area (Å²) >= 11 is 4.89. The lowest BCUT2D eigenvalue weighted by Gasteiger charge is -2.13. The SMILES string of the molecule is CCOC(=O)CN(C)C(=O)/C=C\c1csc(Br)c1. The standard InChI is InChI=1S/C12H14BrNO3S/c1-3-17-12(16)7-14(2)11(15)5-4-9-6-10(13)18-8-9/h4-6,8H,3,7H2,1-2H3/b5-4-. The fraction of sp³-hybridized carbons (Fsp3) is 0.333. The number of ether oxygens (including phenoxy) is 1. The summed E-state index contributed by atoms with van der Waals surface area (Å²) in [7, 11) is 1.56. The fourth-order valence-electron chi connectivity index (χ4n) is 1.18. The zero-order chi connectivity index (χ0) is 13.5. The summed E-state index contributed by atoms with van der Waals surface area (Å²) in [5.74, 6) is -0.634. The second-order valence-electron chi connectivity index (χ2n) is 3.52. The van der Waals surface area contributed by atoms with Crippen molar-refractivity contribution in [1.29, 1.82) is 0 Å². The monoisotopic (exact) mass is 331 g/mol. The summed E-state index contributed by atoms with van der Waals surface area (Å²) in [6.07, 6.45) is 3.15. The quantitative estimate of drug-likeness (QED) is 0.615. The molecule has 0 unspecified atom stereocenters. The third-order valence-electron chi connectivity index (χ3n) is 2.05. The third kappa shape index (κ3) is 5.01. The van der Waals surface area contributed by atoms with E-state index in [2.05, 4.69) is 15.9 Å². The summed E-state index contributed by atoms with van der Waals surface area (Å²) in [6, 6.07) is 1.92. The number of amides is 1. The van der Waals surface area contributed by atoms with Crippen LogP contribution in [-0.4, -0.2) is 37.0 Å². The fourth-order valence-corrected chi connectivity index (χ4v) is 2.33. The molecule has 0 saturated heterocycles. The van der Waals surface area contributed by atoms with Crippen molar-refractivity contribution in [3.8, 4) is 0 Å². The molecule has 1 aromatic heterocycles. The topological polar surface area (TPSA) is 46.6 Å². The van der Waals surface area contributed by atoms with Crippen LogP contribution in [0.15, 0.2) is 21.3 Å². The Morgan fingerprint density at radius 2 is 2.28 bits per heavy atom. The van der Waals surface area contributed by atoms with Crippen LogP contribution in [0, 0.1) is 0 Å². The van der Waals surface area contributed by atoms with Crippen molar-refractivity contribution >= 4 is 45.2 Å². The second kappa shape index (κ2) is 7.33. The molecule has 6 heteroatoms. The Morgan fingerprint density at radius 1 is 1.56 bits per heavy atom. The maximum atomic E-state index is 11.7. The Morgan fingerprint density at radius 3 is 2.83 bits per heavy atom. The number of carbonyl (C=O) groups is 2. The van der Waals surface area contributed by atoms with Crippen molar-refractivity contribution in [3.05, 3.63) is 26.9 Å². The van der Waals surface area contributed by atoms with Crippen LogP contribution in [0.3, 0.4) is 0 Å². The number of hydrogen-bond donors (Lipinski definition) is 0. The smallest absolute Gasteiger partial charge is 0.325 e. The van der Waals surface area contributed by atoms with Gasteiger partial charge in [0.15, 0.2) is 0 Å². The molecule has 0 aliphatic carbocycles. The summed E-state index contributed by atoms with van der Waals surface area (Å²) in [5.41, 5.74) is 0.949. The molecule has 1 aromatic rings. The molecular weight excluding hydrogens is 318 g/mol. The van der Waals surface area contributed by atoms with Crippen molar-refractivity contribution in [1.82, 2.24) is 4.90 Å². The van der Waals surface area contributed by atoms with E-state index in [-0.39, 0.29) is 12.5 Å². The number of halogens is 1. The average molecular weight is 332 g/mol. The van der Waals surface area contributed by atoms with Gasteiger partial charge in [0.25, 0.3) is 0 Å². The molecule has 4 nitrogen and oxygen atoms in total. The van der Waals surface area contributed by atoms with E-state index in [9.17, 15) is 9.59 Å². The number of hydrogen-bond acceptors (Lipinski definition) is 4. The van der Waals surface area contributed by atoms with Gasteiger partial charge in [0.2, 0.25) is 5.91 Å². The lowest BCUT2D eigenvalue weighted by molar-refractivity contribution is -0.146. The van der Waals surface area contributed by atoms with Crippen LogP contribution in [0.4, 0.5) is 0 Å². The molecule has 0 aliphatic heterocycles. The zero-order valence-electron chi connectivity index (χ0n) is 10.2. The lowest BCUT2D eigenvalue weighted by Crippen LogP contribution is -2.31. The maximum Gasteiger partial charge on any atom is 0.325 e. The van der Waals surface area contributed by atoms with Crippen LogP contribution >= 0.6 is 27.3 Å². The van der Waals surface area contributed by atoms with Gasteiger partial charge in [-0.3, -0.25) is 9.59 Å². The summed E-state index contributed by atoms with van der Waals surface area (Å²) in [6.45, 7) is 2.01. The number of rotatable bonds is 5. The summed E-state index contributed by atoms with van der Waals surface area (Å²) < 4.78 is 5.78. The van der Waals surface area contributed by atoms with E-state index < -0.39 is 5.97 Å². The number of carbonyl (C=O) groups excluding carboxylic acids is 2. The molecule has 18 heavy (non-hydrogen) atoms. The van der Waals surface area contributed by atoms with E-state index in [1.165, 1.54) is 11.0 Å². The third-order valence-corrected chi connectivity index (χ3v) is 3.58.